The monoisotopic (exact) mass is 1000 g/mol. The molecule has 19 nitrogen and oxygen atoms in total. The summed E-state index contributed by atoms with van der Waals surface area (Å²) in [7, 11) is -19.2. The molecule has 0 radical (unpaired) electrons. The molecule has 3 aromatic rings. The fourth-order valence-corrected chi connectivity index (χ4v) is 11.0. The fourth-order valence-electron chi connectivity index (χ4n) is 8.42. The maximum absolute atomic E-state index is 12.3. The summed E-state index contributed by atoms with van der Waals surface area (Å²) >= 11 is 0.389. The second-order valence-corrected chi connectivity index (χ2v) is 22.5. The highest BCUT2D eigenvalue weighted by Crippen LogP contribution is 2.52. The van der Waals surface area contributed by atoms with Crippen molar-refractivity contribution in [3.8, 4) is 0 Å². The van der Waals surface area contributed by atoms with E-state index in [2.05, 4.69) is 9.37 Å². The number of hydrogen-bond acceptors (Lipinski definition) is 18. The Balaban J connectivity index is 0.00000925. The fraction of sp³-hybridized carbons (Fsp3) is 0.415. The molecule has 65 heavy (non-hydrogen) atoms. The molecular weight excluding hydrogens is 953 g/mol. The van der Waals surface area contributed by atoms with Crippen molar-refractivity contribution in [2.75, 3.05) is 29.5 Å². The molecule has 0 aliphatic carbocycles. The van der Waals surface area contributed by atoms with Crippen molar-refractivity contribution in [3.63, 3.8) is 0 Å². The first kappa shape index (κ1) is 53.6. The Morgan fingerprint density at radius 1 is 0.800 bits per heavy atom. The lowest BCUT2D eigenvalue weighted by Gasteiger charge is -2.31. The molecule has 2 aliphatic heterocycles. The maximum atomic E-state index is 12.3. The Morgan fingerprint density at radius 3 is 2.08 bits per heavy atom. The van der Waals surface area contributed by atoms with Crippen molar-refractivity contribution in [1.29, 1.82) is 0 Å². The highest BCUT2D eigenvalue weighted by Gasteiger charge is 2.46. The van der Waals surface area contributed by atoms with Crippen molar-refractivity contribution >= 4 is 86.3 Å². The zero-order valence-electron chi connectivity index (χ0n) is 34.6. The third kappa shape index (κ3) is 12.9. The SMILES string of the molecule is C.CC1(C)C(/C=C/C=C/C=C2\N(CCCS(=O)(=O)[O-])c3ccc(S(=O)(=O)[O-])cc3C2(C)CCCCCC(=O)O)=[N+](CCCS(=O)(=O)[O-])c2ccc3c(SOO[O-])cc(S(=O)(=O)[O-])cc3c21. The van der Waals surface area contributed by atoms with Gasteiger partial charge in [0.1, 0.15) is 26.8 Å². The summed E-state index contributed by atoms with van der Waals surface area (Å²) in [6.45, 7) is 5.45. The molecule has 5 rings (SSSR count). The number of carbonyl (C=O) groups is 1. The van der Waals surface area contributed by atoms with E-state index in [4.69, 9.17) is 5.11 Å². The van der Waals surface area contributed by atoms with Crippen LogP contribution in [0.1, 0.15) is 84.3 Å². The van der Waals surface area contributed by atoms with Crippen LogP contribution in [0.4, 0.5) is 11.4 Å². The van der Waals surface area contributed by atoms with Crippen LogP contribution in [0.25, 0.3) is 10.8 Å². The van der Waals surface area contributed by atoms with Gasteiger partial charge in [-0.15, -0.1) is 0 Å². The van der Waals surface area contributed by atoms with Gasteiger partial charge in [-0.3, -0.25) is 9.83 Å². The molecule has 2 heterocycles. The van der Waals surface area contributed by atoms with Gasteiger partial charge in [0.15, 0.2) is 5.71 Å². The molecule has 0 aromatic heterocycles. The van der Waals surface area contributed by atoms with Crippen molar-refractivity contribution in [2.24, 2.45) is 0 Å². The Morgan fingerprint density at radius 2 is 1.46 bits per heavy atom. The smallest absolute Gasteiger partial charge is 0.303 e. The zero-order chi connectivity index (χ0) is 47.5. The van der Waals surface area contributed by atoms with Crippen molar-refractivity contribution < 1.29 is 81.0 Å². The highest BCUT2D eigenvalue weighted by molar-refractivity contribution is 7.94. The van der Waals surface area contributed by atoms with Crippen molar-refractivity contribution in [2.45, 2.75) is 98.7 Å². The number of unbranched alkanes of at least 4 members (excludes halogenated alkanes) is 2. The molecule has 24 heteroatoms. The van der Waals surface area contributed by atoms with Crippen LogP contribution in [-0.4, -0.2) is 97.8 Å². The van der Waals surface area contributed by atoms with Gasteiger partial charge in [0.25, 0.3) is 0 Å². The number of hydrogen-bond donors (Lipinski definition) is 1. The molecule has 1 unspecified atom stereocenters. The standard InChI is InChI=1S/C40H48N2O17S5.CH4/c1-39(2)35(42(21-11-23-62(49,50)51)33-18-16-29-30(38(33)39)24-28(64(55,56)57)26-34(29)60-59-58-45)12-6-4-7-13-36-40(3,19-9-5-8-14-37(43)44)31-25-27(63(52,53)54)15-17-32(31)41(36)20-10-22-61(46,47)48;/h4,6-7,12-13,15-18,24-26H,5,8-11,14,19-23H2,1-3H3,(H5-,43,44,45,46,47,48,49,50,51,52,53,54,55,56,57);1H4/p-4. The number of anilines is 1. The van der Waals surface area contributed by atoms with Gasteiger partial charge in [0, 0.05) is 70.3 Å². The molecule has 0 spiro atoms. The van der Waals surface area contributed by atoms with Gasteiger partial charge in [-0.05, 0) is 98.8 Å². The van der Waals surface area contributed by atoms with E-state index < -0.39 is 78.6 Å². The second kappa shape index (κ2) is 20.9. The van der Waals surface area contributed by atoms with Crippen LogP contribution in [0.3, 0.4) is 0 Å². The van der Waals surface area contributed by atoms with E-state index in [9.17, 15) is 61.9 Å². The predicted molar refractivity (Wildman–Crippen MR) is 234 cm³/mol. The Hall–Kier alpha value is -4.05. The largest absolute Gasteiger partial charge is 0.748 e. The van der Waals surface area contributed by atoms with Crippen LogP contribution < -0.4 is 10.2 Å². The van der Waals surface area contributed by atoms with Gasteiger partial charge in [0.05, 0.1) is 47.5 Å². The maximum Gasteiger partial charge on any atom is 0.303 e. The minimum atomic E-state index is -5.04. The van der Waals surface area contributed by atoms with E-state index in [0.717, 1.165) is 12.1 Å². The van der Waals surface area contributed by atoms with Gasteiger partial charge in [-0.1, -0.05) is 38.5 Å². The Bertz CT molecular complexity index is 2890. The van der Waals surface area contributed by atoms with E-state index in [0.29, 0.717) is 82.4 Å². The first-order valence-electron chi connectivity index (χ1n) is 19.6. The summed E-state index contributed by atoms with van der Waals surface area (Å²) in [6.07, 6.45) is 9.78. The first-order chi connectivity index (χ1) is 29.7. The van der Waals surface area contributed by atoms with Crippen LogP contribution in [0.15, 0.2) is 93.2 Å². The Kier molecular flexibility index (Phi) is 17.2. The number of benzene rings is 3. The summed E-state index contributed by atoms with van der Waals surface area (Å²) in [4.78, 5) is 11.9. The lowest BCUT2D eigenvalue weighted by Crippen LogP contribution is -2.30. The van der Waals surface area contributed by atoms with Crippen LogP contribution in [0, 0.1) is 0 Å². The molecule has 0 bridgehead atoms. The summed E-state index contributed by atoms with van der Waals surface area (Å²) in [5, 5.41) is 24.0. The number of carboxylic acid groups (broad SMARTS) is 1. The average Bonchev–Trinajstić information content (AvgIpc) is 3.53. The van der Waals surface area contributed by atoms with E-state index >= 15 is 0 Å². The second-order valence-electron chi connectivity index (χ2n) is 15.9. The summed E-state index contributed by atoms with van der Waals surface area (Å²) < 4.78 is 149. The molecule has 0 amide bonds. The van der Waals surface area contributed by atoms with Crippen LogP contribution in [-0.2, 0) is 65.5 Å². The summed E-state index contributed by atoms with van der Waals surface area (Å²) in [6, 6.07) is 9.34. The number of nitrogens with zero attached hydrogens (tertiary/aromatic N) is 2. The minimum Gasteiger partial charge on any atom is -0.748 e. The molecule has 1 atom stereocenters. The molecule has 2 aliphatic rings. The number of allylic oxidation sites excluding steroid dienone is 6. The van der Waals surface area contributed by atoms with Crippen LogP contribution >= 0.6 is 12.0 Å². The number of rotatable bonds is 22. The quantitative estimate of drug-likeness (QED) is 0.0274. The third-order valence-electron chi connectivity index (χ3n) is 11.2. The third-order valence-corrected chi connectivity index (χ3v) is 15.0. The molecule has 3 aromatic carbocycles. The minimum absolute atomic E-state index is 0. The lowest BCUT2D eigenvalue weighted by molar-refractivity contribution is -0.777. The van der Waals surface area contributed by atoms with E-state index in [-0.39, 0.29) is 44.7 Å². The van der Waals surface area contributed by atoms with Crippen LogP contribution in [0.5, 0.6) is 0 Å². The van der Waals surface area contributed by atoms with Crippen molar-refractivity contribution in [3.05, 3.63) is 89.7 Å². The van der Waals surface area contributed by atoms with Crippen LogP contribution in [0.2, 0.25) is 0 Å². The molecule has 358 valence electrons. The van der Waals surface area contributed by atoms with E-state index in [1.165, 1.54) is 18.2 Å². The van der Waals surface area contributed by atoms with Gasteiger partial charge in [-0.25, -0.2) is 33.7 Å². The van der Waals surface area contributed by atoms with Gasteiger partial charge < -0.3 is 33.5 Å². The summed E-state index contributed by atoms with van der Waals surface area (Å²) in [5.74, 6) is -2.35. The Labute approximate surface area is 383 Å². The number of carboxylic acids is 1. The zero-order valence-corrected chi connectivity index (χ0v) is 38.7. The molecule has 0 fully saturated rings. The topological polar surface area (TPSA) is 314 Å². The molecule has 0 saturated heterocycles. The molecule has 0 saturated carbocycles. The van der Waals surface area contributed by atoms with E-state index in [1.54, 1.807) is 65.8 Å². The predicted octanol–water partition coefficient (Wildman–Crippen LogP) is 4.57. The van der Waals surface area contributed by atoms with Gasteiger partial charge >= 0.3 is 5.97 Å². The first-order valence-corrected chi connectivity index (χ1v) is 26.3. The van der Waals surface area contributed by atoms with Gasteiger partial charge in [0.2, 0.25) is 5.69 Å². The normalized spacial score (nSPS) is 18.3. The van der Waals surface area contributed by atoms with E-state index in [1.807, 2.05) is 6.92 Å². The molecule has 1 N–H and O–H groups in total. The summed E-state index contributed by atoms with van der Waals surface area (Å²) in [5.41, 5.74) is 1.08. The number of aliphatic carboxylic acids is 1. The molecular formula is C41H48N2O17S5-4. The lowest BCUT2D eigenvalue weighted by atomic mass is 9.77. The number of fused-ring (bicyclic) bond motifs is 4. The van der Waals surface area contributed by atoms with Crippen molar-refractivity contribution in [1.82, 2.24) is 0 Å². The van der Waals surface area contributed by atoms with Gasteiger partial charge in [-0.2, -0.15) is 8.91 Å². The average molecular weight is 1000 g/mol. The highest BCUT2D eigenvalue weighted by atomic mass is 32.2.